The zero-order valence-electron chi connectivity index (χ0n) is 22.5. The first kappa shape index (κ1) is 25.1. The molecule has 0 aliphatic heterocycles. The van der Waals surface area contributed by atoms with Crippen LogP contribution in [0.3, 0.4) is 0 Å². The molecule has 0 aliphatic carbocycles. The highest BCUT2D eigenvalue weighted by Gasteiger charge is 2.13. The van der Waals surface area contributed by atoms with Gasteiger partial charge in [0, 0.05) is 70.6 Å². The molecule has 0 atom stereocenters. The van der Waals surface area contributed by atoms with Crippen molar-refractivity contribution >= 4 is 0 Å². The van der Waals surface area contributed by atoms with E-state index in [1.807, 2.05) is 146 Å². The Morgan fingerprint density at radius 2 is 0.476 bits per heavy atom. The number of nitrogens with zero attached hydrogens (tertiary/aromatic N) is 6. The fraction of sp³-hybridized carbons (Fsp3) is 0. The van der Waals surface area contributed by atoms with Gasteiger partial charge in [-0.25, -0.2) is 29.9 Å². The van der Waals surface area contributed by atoms with E-state index < -0.39 is 0 Å². The lowest BCUT2D eigenvalue weighted by Gasteiger charge is -2.10. The van der Waals surface area contributed by atoms with Crippen LogP contribution in [-0.4, -0.2) is 29.9 Å². The summed E-state index contributed by atoms with van der Waals surface area (Å²) in [5.74, 6) is 1.79. The van der Waals surface area contributed by atoms with Gasteiger partial charge in [-0.1, -0.05) is 91.0 Å². The van der Waals surface area contributed by atoms with E-state index in [-0.39, 0.29) is 0 Å². The zero-order valence-corrected chi connectivity index (χ0v) is 22.5. The van der Waals surface area contributed by atoms with Gasteiger partial charge in [0.25, 0.3) is 0 Å². The normalized spacial score (nSPS) is 10.9. The fourth-order valence-corrected chi connectivity index (χ4v) is 4.79. The minimum atomic E-state index is 0.597. The molecule has 0 radical (unpaired) electrons. The second kappa shape index (κ2) is 11.3. The van der Waals surface area contributed by atoms with Gasteiger partial charge in [0.15, 0.2) is 17.5 Å². The molecule has 3 aromatic heterocycles. The van der Waals surface area contributed by atoms with Crippen LogP contribution in [0.4, 0.5) is 0 Å². The van der Waals surface area contributed by atoms with E-state index in [1.165, 1.54) is 0 Å². The molecule has 0 spiro atoms. The van der Waals surface area contributed by atoms with Gasteiger partial charge in [-0.2, -0.15) is 0 Å². The first-order valence-corrected chi connectivity index (χ1v) is 13.6. The number of hydrogen-bond acceptors (Lipinski definition) is 6. The van der Waals surface area contributed by atoms with Crippen LogP contribution in [0.25, 0.3) is 67.5 Å². The van der Waals surface area contributed by atoms with Crippen LogP contribution < -0.4 is 0 Å². The third kappa shape index (κ3) is 5.29. The van der Waals surface area contributed by atoms with Crippen LogP contribution >= 0.6 is 0 Å². The van der Waals surface area contributed by atoms with E-state index in [1.54, 1.807) is 0 Å². The Labute approximate surface area is 243 Å². The van der Waals surface area contributed by atoms with Crippen LogP contribution in [-0.2, 0) is 0 Å². The minimum Gasteiger partial charge on any atom is -0.236 e. The summed E-state index contributed by atoms with van der Waals surface area (Å²) in [6.07, 6.45) is 11.1. The Kier molecular flexibility index (Phi) is 6.76. The second-order valence-corrected chi connectivity index (χ2v) is 9.78. The Balaban J connectivity index is 1.29. The lowest BCUT2D eigenvalue weighted by Crippen LogP contribution is -1.96. The maximum atomic E-state index is 4.71. The van der Waals surface area contributed by atoms with Crippen LogP contribution in [0.1, 0.15) is 0 Å². The minimum absolute atomic E-state index is 0.597. The topological polar surface area (TPSA) is 77.3 Å². The van der Waals surface area contributed by atoms with Crippen molar-refractivity contribution in [3.63, 3.8) is 0 Å². The maximum absolute atomic E-state index is 4.71. The molecule has 0 saturated heterocycles. The molecule has 7 aromatic rings. The predicted molar refractivity (Wildman–Crippen MR) is 166 cm³/mol. The molecule has 3 heterocycles. The molecule has 198 valence electrons. The lowest BCUT2D eigenvalue weighted by molar-refractivity contribution is 1.15. The first-order chi connectivity index (χ1) is 20.8. The van der Waals surface area contributed by atoms with Gasteiger partial charge in [-0.3, -0.25) is 0 Å². The molecule has 0 saturated carbocycles. The highest BCUT2D eigenvalue weighted by molar-refractivity contribution is 5.76. The van der Waals surface area contributed by atoms with Crippen molar-refractivity contribution in [2.75, 3.05) is 0 Å². The second-order valence-electron chi connectivity index (χ2n) is 9.78. The number of benzene rings is 4. The SMILES string of the molecule is c1ccc(-c2cnc(-c3cc(-c4ncc(-c5ccccc5)cn4)cc(-c4ncc(-c5ccccc5)cn4)c3)nc2)cc1. The molecule has 0 amide bonds. The maximum Gasteiger partial charge on any atom is 0.159 e. The highest BCUT2D eigenvalue weighted by Crippen LogP contribution is 2.31. The summed E-state index contributed by atoms with van der Waals surface area (Å²) in [7, 11) is 0. The summed E-state index contributed by atoms with van der Waals surface area (Å²) >= 11 is 0. The summed E-state index contributed by atoms with van der Waals surface area (Å²) in [5, 5.41) is 0. The van der Waals surface area contributed by atoms with Crippen LogP contribution in [0.2, 0.25) is 0 Å². The molecule has 4 aromatic carbocycles. The Bertz CT molecular complexity index is 1680. The van der Waals surface area contributed by atoms with Crippen LogP contribution in [0, 0.1) is 0 Å². The van der Waals surface area contributed by atoms with Crippen molar-refractivity contribution in [3.05, 3.63) is 146 Å². The van der Waals surface area contributed by atoms with E-state index in [0.717, 1.165) is 50.1 Å². The zero-order chi connectivity index (χ0) is 28.1. The molecule has 0 unspecified atom stereocenters. The molecule has 6 nitrogen and oxygen atoms in total. The molecule has 0 bridgehead atoms. The van der Waals surface area contributed by atoms with Gasteiger partial charge >= 0.3 is 0 Å². The molecule has 7 rings (SSSR count). The summed E-state index contributed by atoms with van der Waals surface area (Å²) in [6, 6.07) is 36.3. The van der Waals surface area contributed by atoms with E-state index >= 15 is 0 Å². The number of hydrogen-bond donors (Lipinski definition) is 0. The standard InChI is InChI=1S/C36H24N6/c1-4-10-25(11-5-1)31-19-37-34(38-20-31)28-16-29(35-39-21-32(22-40-35)26-12-6-2-7-13-26)18-30(17-28)36-41-23-33(24-42-36)27-14-8-3-9-15-27/h1-24H. The summed E-state index contributed by atoms with van der Waals surface area (Å²) in [4.78, 5) is 28.3. The van der Waals surface area contributed by atoms with Crippen molar-refractivity contribution in [2.45, 2.75) is 0 Å². The fourth-order valence-electron chi connectivity index (χ4n) is 4.79. The van der Waals surface area contributed by atoms with E-state index in [9.17, 15) is 0 Å². The number of rotatable bonds is 6. The van der Waals surface area contributed by atoms with Crippen molar-refractivity contribution in [1.82, 2.24) is 29.9 Å². The number of aromatic nitrogens is 6. The summed E-state index contributed by atoms with van der Waals surface area (Å²) in [6.45, 7) is 0. The molecular weight excluding hydrogens is 516 g/mol. The van der Waals surface area contributed by atoms with Crippen LogP contribution in [0.15, 0.2) is 146 Å². The monoisotopic (exact) mass is 540 g/mol. The average molecular weight is 541 g/mol. The van der Waals surface area contributed by atoms with Crippen molar-refractivity contribution in [3.8, 4) is 67.5 Å². The molecule has 42 heavy (non-hydrogen) atoms. The Morgan fingerprint density at radius 3 is 0.714 bits per heavy atom. The van der Waals surface area contributed by atoms with Crippen molar-refractivity contribution in [1.29, 1.82) is 0 Å². The summed E-state index contributed by atoms with van der Waals surface area (Å²) in [5.41, 5.74) is 8.55. The van der Waals surface area contributed by atoms with Crippen molar-refractivity contribution in [2.24, 2.45) is 0 Å². The van der Waals surface area contributed by atoms with Gasteiger partial charge in [-0.05, 0) is 34.9 Å². The average Bonchev–Trinajstić information content (AvgIpc) is 3.09. The van der Waals surface area contributed by atoms with Gasteiger partial charge in [0.2, 0.25) is 0 Å². The smallest absolute Gasteiger partial charge is 0.159 e. The summed E-state index contributed by atoms with van der Waals surface area (Å²) < 4.78 is 0. The van der Waals surface area contributed by atoms with Gasteiger partial charge < -0.3 is 0 Å². The molecule has 0 aliphatic rings. The van der Waals surface area contributed by atoms with Gasteiger partial charge in [-0.15, -0.1) is 0 Å². The lowest BCUT2D eigenvalue weighted by atomic mass is 10.0. The highest BCUT2D eigenvalue weighted by atomic mass is 14.9. The quantitative estimate of drug-likeness (QED) is 0.212. The molecular formula is C36H24N6. The van der Waals surface area contributed by atoms with E-state index in [2.05, 4.69) is 0 Å². The van der Waals surface area contributed by atoms with E-state index in [4.69, 9.17) is 29.9 Å². The molecule has 0 fully saturated rings. The largest absolute Gasteiger partial charge is 0.236 e. The Hall–Kier alpha value is -5.88. The first-order valence-electron chi connectivity index (χ1n) is 13.6. The third-order valence-electron chi connectivity index (χ3n) is 6.98. The predicted octanol–water partition coefficient (Wildman–Crippen LogP) is 8.06. The molecule has 0 N–H and O–H groups in total. The van der Waals surface area contributed by atoms with Crippen molar-refractivity contribution < 1.29 is 0 Å². The third-order valence-corrected chi connectivity index (χ3v) is 6.98. The molecule has 6 heteroatoms. The van der Waals surface area contributed by atoms with Crippen LogP contribution in [0.5, 0.6) is 0 Å². The van der Waals surface area contributed by atoms with E-state index in [0.29, 0.717) is 17.5 Å². The van der Waals surface area contributed by atoms with Gasteiger partial charge in [0.05, 0.1) is 0 Å². The van der Waals surface area contributed by atoms with Gasteiger partial charge in [0.1, 0.15) is 0 Å². The Morgan fingerprint density at radius 1 is 0.238 bits per heavy atom.